The number of aliphatic hydroxyl groups excluding tert-OH is 1. The van der Waals surface area contributed by atoms with Gasteiger partial charge in [-0.2, -0.15) is 0 Å². The maximum atomic E-state index is 11.3. The Morgan fingerprint density at radius 1 is 0.969 bits per heavy atom. The highest BCUT2D eigenvalue weighted by Gasteiger charge is 2.45. The molecule has 2 unspecified atom stereocenters. The van der Waals surface area contributed by atoms with Gasteiger partial charge in [0, 0.05) is 25.3 Å². The van der Waals surface area contributed by atoms with Gasteiger partial charge in [-0.3, -0.25) is 10.1 Å². The van der Waals surface area contributed by atoms with E-state index in [9.17, 15) is 25.1 Å². The zero-order chi connectivity index (χ0) is 23.7. The Labute approximate surface area is 186 Å². The Hall–Kier alpha value is -3.59. The fraction of sp³-hybridized carbons (Fsp3) is 0.208. The number of carboxylic acids is 1. The van der Waals surface area contributed by atoms with Crippen LogP contribution in [0.15, 0.2) is 84.9 Å². The Kier molecular flexibility index (Phi) is 8.60. The van der Waals surface area contributed by atoms with Crippen molar-refractivity contribution in [1.29, 1.82) is 0 Å². The molecule has 0 aliphatic heterocycles. The molecule has 0 aromatic heterocycles. The number of nitro benzene ring substituents is 1. The summed E-state index contributed by atoms with van der Waals surface area (Å²) in [6.07, 6.45) is -1.71. The molecule has 0 aliphatic rings. The molecule has 0 radical (unpaired) electrons. The van der Waals surface area contributed by atoms with Gasteiger partial charge in [0.25, 0.3) is 5.69 Å². The smallest absolute Gasteiger partial charge is 0.336 e. The number of hydrogen-bond acceptors (Lipinski definition) is 6. The highest BCUT2D eigenvalue weighted by atomic mass is 16.6. The van der Waals surface area contributed by atoms with E-state index in [1.165, 1.54) is 19.2 Å². The predicted octanol–water partition coefficient (Wildman–Crippen LogP) is 3.64. The number of hydrogen-bond donors (Lipinski definition) is 3. The number of aliphatic hydroxyl groups is 1. The van der Waals surface area contributed by atoms with Gasteiger partial charge >= 0.3 is 5.97 Å². The van der Waals surface area contributed by atoms with Gasteiger partial charge in [0.2, 0.25) is 0 Å². The molecule has 168 valence electrons. The van der Waals surface area contributed by atoms with E-state index in [-0.39, 0.29) is 11.7 Å². The van der Waals surface area contributed by atoms with Gasteiger partial charge in [0.15, 0.2) is 11.7 Å². The van der Waals surface area contributed by atoms with Crippen LogP contribution >= 0.6 is 0 Å². The van der Waals surface area contributed by atoms with Crippen LogP contribution in [0.1, 0.15) is 29.7 Å². The predicted molar refractivity (Wildman–Crippen MR) is 120 cm³/mol. The number of rotatable bonds is 7. The molecule has 8 heteroatoms. The SMILES string of the molecule is CC(N)c1ccc([N+](=O)[O-])cc1.COC(c1ccccc1)(c1ccccc1)C(O)C(=O)O. The number of nitro groups is 1. The van der Waals surface area contributed by atoms with Crippen LogP contribution in [0.2, 0.25) is 0 Å². The molecule has 0 spiro atoms. The van der Waals surface area contributed by atoms with Crippen LogP contribution in [0, 0.1) is 10.1 Å². The summed E-state index contributed by atoms with van der Waals surface area (Å²) in [4.78, 5) is 21.2. The zero-order valence-corrected chi connectivity index (χ0v) is 17.8. The quantitative estimate of drug-likeness (QED) is 0.378. The maximum absolute atomic E-state index is 11.3. The standard InChI is InChI=1S/C16H16O4.C8H10N2O2/c1-20-16(14(17)15(18)19,12-8-4-2-5-9-12)13-10-6-3-7-11-13;1-6(9)7-2-4-8(5-3-7)10(11)12/h2-11,14,17H,1H3,(H,18,19);2-6H,9H2,1H3. The number of nitrogens with two attached hydrogens (primary N) is 1. The molecule has 0 aliphatic carbocycles. The van der Waals surface area contributed by atoms with Gasteiger partial charge in [-0.05, 0) is 23.6 Å². The molecule has 8 nitrogen and oxygen atoms in total. The molecule has 0 saturated carbocycles. The van der Waals surface area contributed by atoms with Crippen LogP contribution in [0.3, 0.4) is 0 Å². The van der Waals surface area contributed by atoms with Gasteiger partial charge in [-0.1, -0.05) is 72.8 Å². The van der Waals surface area contributed by atoms with Crippen LogP contribution < -0.4 is 5.73 Å². The van der Waals surface area contributed by atoms with E-state index in [1.807, 2.05) is 19.1 Å². The fourth-order valence-corrected chi connectivity index (χ4v) is 3.27. The van der Waals surface area contributed by atoms with Crippen LogP contribution in [-0.4, -0.2) is 34.3 Å². The molecule has 3 rings (SSSR count). The van der Waals surface area contributed by atoms with Crippen LogP contribution in [-0.2, 0) is 15.1 Å². The lowest BCUT2D eigenvalue weighted by Gasteiger charge is -2.35. The Balaban J connectivity index is 0.000000258. The minimum atomic E-state index is -1.71. The summed E-state index contributed by atoms with van der Waals surface area (Å²) in [6.45, 7) is 1.83. The van der Waals surface area contributed by atoms with Crippen molar-refractivity contribution in [3.05, 3.63) is 112 Å². The van der Waals surface area contributed by atoms with Crippen molar-refractivity contribution in [2.75, 3.05) is 7.11 Å². The third-order valence-electron chi connectivity index (χ3n) is 4.98. The van der Waals surface area contributed by atoms with Crippen LogP contribution in [0.4, 0.5) is 5.69 Å². The van der Waals surface area contributed by atoms with Gasteiger partial charge in [-0.25, -0.2) is 4.79 Å². The van der Waals surface area contributed by atoms with Crippen molar-refractivity contribution in [3.63, 3.8) is 0 Å². The number of ether oxygens (including phenoxy) is 1. The highest BCUT2D eigenvalue weighted by Crippen LogP contribution is 2.36. The Morgan fingerprint density at radius 3 is 1.72 bits per heavy atom. The molecule has 0 heterocycles. The molecular formula is C24H26N2O6. The molecule has 0 amide bonds. The topological polar surface area (TPSA) is 136 Å². The second-order valence-corrected chi connectivity index (χ2v) is 7.05. The number of aliphatic carboxylic acids is 1. The van der Waals surface area contributed by atoms with E-state index < -0.39 is 22.6 Å². The number of methoxy groups -OCH3 is 1. The first-order valence-electron chi connectivity index (χ1n) is 9.81. The lowest BCUT2D eigenvalue weighted by Crippen LogP contribution is -2.47. The highest BCUT2D eigenvalue weighted by molar-refractivity contribution is 5.75. The summed E-state index contributed by atoms with van der Waals surface area (Å²) in [5.74, 6) is -1.33. The minimum Gasteiger partial charge on any atom is -0.479 e. The van der Waals surface area contributed by atoms with E-state index in [0.29, 0.717) is 11.1 Å². The van der Waals surface area contributed by atoms with Crippen molar-refractivity contribution >= 4 is 11.7 Å². The van der Waals surface area contributed by atoms with Crippen molar-refractivity contribution in [2.45, 2.75) is 24.7 Å². The molecular weight excluding hydrogens is 412 g/mol. The number of carbonyl (C=O) groups is 1. The Morgan fingerprint density at radius 2 is 1.41 bits per heavy atom. The zero-order valence-electron chi connectivity index (χ0n) is 17.8. The van der Waals surface area contributed by atoms with Crippen molar-refractivity contribution in [1.82, 2.24) is 0 Å². The normalized spacial score (nSPS) is 12.8. The lowest BCUT2D eigenvalue weighted by molar-refractivity contribution is -0.384. The molecule has 0 saturated heterocycles. The number of nitrogens with zero attached hydrogens (tertiary/aromatic N) is 1. The first kappa shape index (κ1) is 24.7. The molecule has 2 atom stereocenters. The van der Waals surface area contributed by atoms with E-state index >= 15 is 0 Å². The van der Waals surface area contributed by atoms with Crippen LogP contribution in [0.25, 0.3) is 0 Å². The first-order chi connectivity index (χ1) is 15.2. The summed E-state index contributed by atoms with van der Waals surface area (Å²) in [7, 11) is 1.40. The van der Waals surface area contributed by atoms with E-state index in [2.05, 4.69) is 0 Å². The van der Waals surface area contributed by atoms with Crippen molar-refractivity contribution < 1.29 is 24.7 Å². The van der Waals surface area contributed by atoms with E-state index in [1.54, 1.807) is 60.7 Å². The largest absolute Gasteiger partial charge is 0.479 e. The molecule has 0 bridgehead atoms. The van der Waals surface area contributed by atoms with Gasteiger partial charge < -0.3 is 20.7 Å². The van der Waals surface area contributed by atoms with E-state index in [0.717, 1.165) is 5.56 Å². The molecule has 3 aromatic rings. The van der Waals surface area contributed by atoms with Crippen molar-refractivity contribution in [3.8, 4) is 0 Å². The monoisotopic (exact) mass is 438 g/mol. The molecule has 32 heavy (non-hydrogen) atoms. The summed E-state index contributed by atoms with van der Waals surface area (Å²) in [5, 5.41) is 29.7. The third-order valence-corrected chi connectivity index (χ3v) is 4.98. The summed E-state index contributed by atoms with van der Waals surface area (Å²) < 4.78 is 5.50. The number of carboxylic acid groups (broad SMARTS) is 1. The fourth-order valence-electron chi connectivity index (χ4n) is 3.27. The minimum absolute atomic E-state index is 0.0780. The third kappa shape index (κ3) is 5.55. The average Bonchev–Trinajstić information content (AvgIpc) is 2.81. The number of benzene rings is 3. The average molecular weight is 438 g/mol. The second kappa shape index (κ2) is 11.1. The summed E-state index contributed by atoms with van der Waals surface area (Å²) in [5.41, 5.74) is 6.31. The first-order valence-corrected chi connectivity index (χ1v) is 9.81. The van der Waals surface area contributed by atoms with Gasteiger partial charge in [-0.15, -0.1) is 0 Å². The molecule has 3 aromatic carbocycles. The lowest BCUT2D eigenvalue weighted by atomic mass is 9.81. The molecule has 0 fully saturated rings. The second-order valence-electron chi connectivity index (χ2n) is 7.05. The van der Waals surface area contributed by atoms with Gasteiger partial charge in [0.05, 0.1) is 4.92 Å². The van der Waals surface area contributed by atoms with Crippen LogP contribution in [0.5, 0.6) is 0 Å². The molecule has 4 N–H and O–H groups in total. The van der Waals surface area contributed by atoms with Crippen molar-refractivity contribution in [2.24, 2.45) is 5.73 Å². The summed E-state index contributed by atoms with van der Waals surface area (Å²) >= 11 is 0. The van der Waals surface area contributed by atoms with E-state index in [4.69, 9.17) is 10.5 Å². The summed E-state index contributed by atoms with van der Waals surface area (Å²) in [6, 6.07) is 23.9. The van der Waals surface area contributed by atoms with Gasteiger partial charge in [0.1, 0.15) is 0 Å². The number of non-ortho nitro benzene ring substituents is 1. The Bertz CT molecular complexity index is 968. The maximum Gasteiger partial charge on any atom is 0.336 e.